The first-order valence-electron chi connectivity index (χ1n) is 6.71. The van der Waals surface area contributed by atoms with Crippen LogP contribution in [0.3, 0.4) is 0 Å². The van der Waals surface area contributed by atoms with Crippen molar-refractivity contribution in [3.8, 4) is 0 Å². The lowest BCUT2D eigenvalue weighted by atomic mass is 10.2. The first-order valence-corrected chi connectivity index (χ1v) is 6.71. The molecule has 6 heteroatoms. The van der Waals surface area contributed by atoms with Crippen molar-refractivity contribution in [1.82, 2.24) is 4.90 Å². The maximum absolute atomic E-state index is 11.8. The molecule has 0 bridgehead atoms. The van der Waals surface area contributed by atoms with Crippen LogP contribution in [0.2, 0.25) is 0 Å². The Kier molecular flexibility index (Phi) is 11.2. The lowest BCUT2D eigenvalue weighted by molar-refractivity contribution is -0.697. The zero-order valence-corrected chi connectivity index (χ0v) is 13.2. The Morgan fingerprint density at radius 3 is 2.15 bits per heavy atom. The molecule has 0 aromatic carbocycles. The van der Waals surface area contributed by atoms with Crippen LogP contribution in [-0.2, 0) is 11.3 Å². The van der Waals surface area contributed by atoms with Gasteiger partial charge in [0, 0.05) is 38.1 Å². The molecule has 0 aliphatic heterocycles. The van der Waals surface area contributed by atoms with Gasteiger partial charge in [-0.25, -0.2) is 4.57 Å². The number of rotatable bonds is 9. The summed E-state index contributed by atoms with van der Waals surface area (Å²) in [6.07, 6.45) is 6.23. The molecule has 1 rings (SSSR count). The van der Waals surface area contributed by atoms with E-state index in [9.17, 15) is 4.79 Å². The number of aliphatic hydroxyl groups is 2. The average molecular weight is 347 g/mol. The molecule has 0 spiro atoms. The topological polar surface area (TPSA) is 64.7 Å². The maximum atomic E-state index is 11.8. The monoisotopic (exact) mass is 346 g/mol. The fraction of sp³-hybridized carbons (Fsp3) is 0.571. The first-order chi connectivity index (χ1) is 9.27. The number of aromatic nitrogens is 1. The fourth-order valence-corrected chi connectivity index (χ4v) is 1.91. The first kappa shape index (κ1) is 19.0. The summed E-state index contributed by atoms with van der Waals surface area (Å²) >= 11 is 0. The van der Waals surface area contributed by atoms with E-state index in [2.05, 4.69) is 4.57 Å². The van der Waals surface area contributed by atoms with E-state index in [1.165, 1.54) is 4.90 Å². The van der Waals surface area contributed by atoms with Gasteiger partial charge in [0.25, 0.3) is 0 Å². The third kappa shape index (κ3) is 7.57. The van der Waals surface area contributed by atoms with Crippen LogP contribution in [0.4, 0.5) is 0 Å². The van der Waals surface area contributed by atoms with Gasteiger partial charge in [0.15, 0.2) is 12.4 Å². The molecule has 0 saturated carbocycles. The van der Waals surface area contributed by atoms with Gasteiger partial charge in [-0.3, -0.25) is 4.79 Å². The Bertz CT molecular complexity index is 357. The summed E-state index contributed by atoms with van der Waals surface area (Å²) in [7, 11) is 0. The van der Waals surface area contributed by atoms with Crippen molar-refractivity contribution in [3.05, 3.63) is 30.6 Å². The molecule has 5 nitrogen and oxygen atoms in total. The molecular weight excluding hydrogens is 324 g/mol. The highest BCUT2D eigenvalue weighted by Gasteiger charge is 2.12. The van der Waals surface area contributed by atoms with Gasteiger partial charge < -0.3 is 32.1 Å². The highest BCUT2D eigenvalue weighted by Crippen LogP contribution is 2.01. The predicted octanol–water partition coefficient (Wildman–Crippen LogP) is -3.04. The van der Waals surface area contributed by atoms with E-state index in [4.69, 9.17) is 10.2 Å². The van der Waals surface area contributed by atoms with Gasteiger partial charge in [-0.15, -0.1) is 0 Å². The van der Waals surface area contributed by atoms with Crippen molar-refractivity contribution in [2.75, 3.05) is 26.3 Å². The summed E-state index contributed by atoms with van der Waals surface area (Å²) < 4.78 is 2.09. The van der Waals surface area contributed by atoms with Gasteiger partial charge in [-0.2, -0.15) is 0 Å². The minimum atomic E-state index is -0.0639. The molecule has 2 N–H and O–H groups in total. The number of carbonyl (C=O) groups is 1. The van der Waals surface area contributed by atoms with E-state index in [1.807, 2.05) is 30.6 Å². The Morgan fingerprint density at radius 2 is 1.60 bits per heavy atom. The number of hydrogen-bond acceptors (Lipinski definition) is 3. The van der Waals surface area contributed by atoms with Crippen LogP contribution in [0, 0.1) is 0 Å². The van der Waals surface area contributed by atoms with E-state index in [-0.39, 0.29) is 36.1 Å². The second-order valence-corrected chi connectivity index (χ2v) is 4.40. The van der Waals surface area contributed by atoms with Crippen LogP contribution in [0.25, 0.3) is 0 Å². The minimum Gasteiger partial charge on any atom is -1.00 e. The van der Waals surface area contributed by atoms with Crippen molar-refractivity contribution in [3.63, 3.8) is 0 Å². The van der Waals surface area contributed by atoms with Crippen LogP contribution in [0.5, 0.6) is 0 Å². The number of unbranched alkanes of at least 4 members (excludes halogenated alkanes) is 1. The normalized spacial score (nSPS) is 9.90. The van der Waals surface area contributed by atoms with Gasteiger partial charge in [-0.1, -0.05) is 6.07 Å². The van der Waals surface area contributed by atoms with E-state index in [0.29, 0.717) is 19.5 Å². The van der Waals surface area contributed by atoms with Gasteiger partial charge in [-0.05, 0) is 6.42 Å². The second-order valence-electron chi connectivity index (χ2n) is 4.40. The lowest BCUT2D eigenvalue weighted by Gasteiger charge is -2.20. The molecule has 0 atom stereocenters. The number of pyridine rings is 1. The molecule has 1 amide bonds. The smallest absolute Gasteiger partial charge is 0.222 e. The number of hydrogen-bond donors (Lipinski definition) is 2. The van der Waals surface area contributed by atoms with Crippen molar-refractivity contribution in [1.29, 1.82) is 0 Å². The summed E-state index contributed by atoms with van der Waals surface area (Å²) in [5.41, 5.74) is 0. The van der Waals surface area contributed by atoms with Gasteiger partial charge in [0.2, 0.25) is 5.91 Å². The molecule has 0 aliphatic carbocycles. The minimum absolute atomic E-state index is 0. The second kappa shape index (κ2) is 11.8. The summed E-state index contributed by atoms with van der Waals surface area (Å²) in [5, 5.41) is 17.7. The standard InChI is InChI=1S/C14H23N2O3.BrH/c17-12-10-16(11-13-18)14(19)6-2-5-9-15-7-3-1-4-8-15;/h1,3-4,7-8,17-18H,2,5-6,9-13H2;1H/q+1;/p-1. The largest absolute Gasteiger partial charge is 1.00 e. The summed E-state index contributed by atoms with van der Waals surface area (Å²) in [4.78, 5) is 13.3. The third-order valence-electron chi connectivity index (χ3n) is 2.93. The zero-order chi connectivity index (χ0) is 13.9. The summed E-state index contributed by atoms with van der Waals surface area (Å²) in [5.74, 6) is 0.00108. The number of carbonyl (C=O) groups excluding carboxylic acids is 1. The Morgan fingerprint density at radius 1 is 1.00 bits per heavy atom. The Balaban J connectivity index is 0.00000361. The Labute approximate surface area is 130 Å². The van der Waals surface area contributed by atoms with Crippen LogP contribution < -0.4 is 21.5 Å². The molecule has 0 saturated heterocycles. The number of aryl methyl sites for hydroxylation is 1. The number of aliphatic hydroxyl groups excluding tert-OH is 2. The molecule has 0 unspecified atom stereocenters. The third-order valence-corrected chi connectivity index (χ3v) is 2.93. The quantitative estimate of drug-likeness (QED) is 0.369. The molecular formula is C14H23BrN2O3. The predicted molar refractivity (Wildman–Crippen MR) is 71.2 cm³/mol. The van der Waals surface area contributed by atoms with Crippen molar-refractivity contribution in [2.24, 2.45) is 0 Å². The van der Waals surface area contributed by atoms with Crippen LogP contribution in [-0.4, -0.2) is 47.3 Å². The van der Waals surface area contributed by atoms with Crippen LogP contribution >= 0.6 is 0 Å². The molecule has 1 aromatic rings. The van der Waals surface area contributed by atoms with Gasteiger partial charge >= 0.3 is 0 Å². The van der Waals surface area contributed by atoms with Crippen molar-refractivity contribution in [2.45, 2.75) is 25.8 Å². The van der Waals surface area contributed by atoms with Gasteiger partial charge in [0.1, 0.15) is 6.54 Å². The van der Waals surface area contributed by atoms with E-state index >= 15 is 0 Å². The zero-order valence-electron chi connectivity index (χ0n) is 11.6. The summed E-state index contributed by atoms with van der Waals surface area (Å²) in [6.45, 7) is 1.37. The molecule has 114 valence electrons. The highest BCUT2D eigenvalue weighted by atomic mass is 79.9. The number of nitrogens with zero attached hydrogens (tertiary/aromatic N) is 2. The van der Waals surface area contributed by atoms with E-state index in [1.54, 1.807) is 0 Å². The van der Waals surface area contributed by atoms with Crippen LogP contribution in [0.1, 0.15) is 19.3 Å². The molecule has 20 heavy (non-hydrogen) atoms. The maximum Gasteiger partial charge on any atom is 0.222 e. The van der Waals surface area contributed by atoms with Crippen molar-refractivity contribution >= 4 is 5.91 Å². The molecule has 0 fully saturated rings. The highest BCUT2D eigenvalue weighted by molar-refractivity contribution is 5.76. The number of amides is 1. The Hall–Kier alpha value is -0.980. The van der Waals surface area contributed by atoms with Crippen LogP contribution in [0.15, 0.2) is 30.6 Å². The molecule has 0 aliphatic rings. The summed E-state index contributed by atoms with van der Waals surface area (Å²) in [6, 6.07) is 5.94. The SMILES string of the molecule is O=C(CCCC[n+]1ccccc1)N(CCO)CCO.[Br-]. The average Bonchev–Trinajstić information content (AvgIpc) is 2.44. The molecule has 0 radical (unpaired) electrons. The van der Waals surface area contributed by atoms with E-state index in [0.717, 1.165) is 19.4 Å². The fourth-order valence-electron chi connectivity index (χ4n) is 1.91. The van der Waals surface area contributed by atoms with Gasteiger partial charge in [0.05, 0.1) is 13.2 Å². The molecule has 1 heterocycles. The lowest BCUT2D eigenvalue weighted by Crippen LogP contribution is -3.00. The van der Waals surface area contributed by atoms with Crippen molar-refractivity contribution < 1.29 is 36.6 Å². The van der Waals surface area contributed by atoms with E-state index < -0.39 is 0 Å². The number of halogens is 1. The molecule has 1 aromatic heterocycles.